The molecule has 1 aliphatic heterocycles. The van der Waals surface area contributed by atoms with Crippen LogP contribution >= 0.6 is 11.8 Å². The van der Waals surface area contributed by atoms with E-state index in [9.17, 15) is 19.5 Å². The van der Waals surface area contributed by atoms with Gasteiger partial charge in [0.1, 0.15) is 6.04 Å². The molecule has 2 aromatic carbocycles. The first-order chi connectivity index (χ1) is 18.9. The van der Waals surface area contributed by atoms with Crippen LogP contribution in [0.3, 0.4) is 0 Å². The van der Waals surface area contributed by atoms with Crippen LogP contribution in [0.2, 0.25) is 0 Å². The van der Waals surface area contributed by atoms with Crippen LogP contribution in [-0.4, -0.2) is 86.4 Å². The van der Waals surface area contributed by atoms with E-state index in [0.717, 1.165) is 35.6 Å². The average molecular weight is 552 g/mol. The van der Waals surface area contributed by atoms with E-state index in [-0.39, 0.29) is 30.8 Å². The molecule has 208 valence electrons. The second kappa shape index (κ2) is 14.1. The van der Waals surface area contributed by atoms with Gasteiger partial charge in [-0.05, 0) is 54.0 Å². The zero-order valence-corrected chi connectivity index (χ0v) is 23.2. The fourth-order valence-electron chi connectivity index (χ4n) is 5.25. The van der Waals surface area contributed by atoms with Crippen LogP contribution < -0.4 is 5.32 Å². The number of H-pyrrole nitrogens is 1. The van der Waals surface area contributed by atoms with E-state index >= 15 is 0 Å². The lowest BCUT2D eigenvalue weighted by Gasteiger charge is -2.39. The number of likely N-dealkylation sites (tertiary alicyclic amines) is 1. The van der Waals surface area contributed by atoms with E-state index in [1.54, 1.807) is 24.3 Å². The maximum atomic E-state index is 13.2. The molecule has 0 spiro atoms. The van der Waals surface area contributed by atoms with Crippen molar-refractivity contribution >= 4 is 40.3 Å². The van der Waals surface area contributed by atoms with Gasteiger partial charge in [0.05, 0.1) is 25.0 Å². The molecule has 39 heavy (non-hydrogen) atoms. The standard InChI is InChI=1S/C29H37N5O4S/c1-39-14-12-26(29(37)38)32-27(35)19-33(17-22-9-6-8-21-7-2-3-11-25(21)22)18-24-10-4-5-13-34(24)28(36)15-23-16-30-20-31-23/h2-3,6-9,11,16,20,24,26H,4-5,10,12-15,17-19H2,1H3,(H,30,31)(H,32,35)(H,37,38)/t24-,26?/m0/s1. The van der Waals surface area contributed by atoms with Crippen LogP contribution in [0.15, 0.2) is 55.0 Å². The Morgan fingerprint density at radius 1 is 1.21 bits per heavy atom. The van der Waals surface area contributed by atoms with Crippen molar-refractivity contribution in [3.8, 4) is 0 Å². The number of carboxylic acids is 1. The number of aromatic nitrogens is 2. The Balaban J connectivity index is 1.53. The van der Waals surface area contributed by atoms with Gasteiger partial charge in [0.15, 0.2) is 0 Å². The third-order valence-corrected chi connectivity index (χ3v) is 7.83. The van der Waals surface area contributed by atoms with Crippen molar-refractivity contribution < 1.29 is 19.5 Å². The number of hydrogen-bond donors (Lipinski definition) is 3. The number of rotatable bonds is 13. The van der Waals surface area contributed by atoms with E-state index in [0.29, 0.717) is 37.5 Å². The average Bonchev–Trinajstić information content (AvgIpc) is 3.44. The molecule has 3 N–H and O–H groups in total. The van der Waals surface area contributed by atoms with Crippen molar-refractivity contribution in [1.82, 2.24) is 25.1 Å². The van der Waals surface area contributed by atoms with E-state index in [1.165, 1.54) is 0 Å². The molecule has 2 heterocycles. The minimum absolute atomic E-state index is 0.0318. The van der Waals surface area contributed by atoms with Crippen molar-refractivity contribution in [2.75, 3.05) is 31.6 Å². The summed E-state index contributed by atoms with van der Waals surface area (Å²) in [4.78, 5) is 49.2. The van der Waals surface area contributed by atoms with Gasteiger partial charge in [-0.25, -0.2) is 9.78 Å². The first-order valence-corrected chi connectivity index (χ1v) is 14.8. The van der Waals surface area contributed by atoms with Crippen LogP contribution in [0.4, 0.5) is 0 Å². The van der Waals surface area contributed by atoms with Gasteiger partial charge in [0, 0.05) is 31.9 Å². The Bertz CT molecular complexity index is 1250. The summed E-state index contributed by atoms with van der Waals surface area (Å²) in [6.07, 6.45) is 8.64. The van der Waals surface area contributed by atoms with Gasteiger partial charge in [-0.3, -0.25) is 14.5 Å². The maximum Gasteiger partial charge on any atom is 0.326 e. The third kappa shape index (κ3) is 8.06. The van der Waals surface area contributed by atoms with Gasteiger partial charge in [0.25, 0.3) is 0 Å². The maximum absolute atomic E-state index is 13.2. The second-order valence-corrected chi connectivity index (χ2v) is 11.0. The summed E-state index contributed by atoms with van der Waals surface area (Å²) in [5, 5.41) is 14.6. The molecule has 0 aliphatic carbocycles. The zero-order chi connectivity index (χ0) is 27.6. The number of aromatic amines is 1. The highest BCUT2D eigenvalue weighted by Crippen LogP contribution is 2.23. The largest absolute Gasteiger partial charge is 0.480 e. The number of fused-ring (bicyclic) bond motifs is 1. The SMILES string of the molecule is CSCCC(NC(=O)CN(Cc1cccc2ccccc12)C[C@@H]1CCCCN1C(=O)Cc1c[nH]cn1)C(=O)O. The minimum Gasteiger partial charge on any atom is -0.480 e. The fraction of sp³-hybridized carbons (Fsp3) is 0.448. The second-order valence-electron chi connectivity index (χ2n) is 10.0. The highest BCUT2D eigenvalue weighted by atomic mass is 32.2. The summed E-state index contributed by atoms with van der Waals surface area (Å²) in [5.74, 6) is -0.676. The molecule has 4 rings (SSSR count). The molecule has 1 aromatic heterocycles. The summed E-state index contributed by atoms with van der Waals surface area (Å²) < 4.78 is 0. The number of hydrogen-bond acceptors (Lipinski definition) is 6. The topological polar surface area (TPSA) is 119 Å². The van der Waals surface area contributed by atoms with Crippen molar-refractivity contribution in [2.24, 2.45) is 0 Å². The molecule has 10 heteroatoms. The smallest absolute Gasteiger partial charge is 0.326 e. The zero-order valence-electron chi connectivity index (χ0n) is 22.3. The number of amides is 2. The van der Waals surface area contributed by atoms with Crippen molar-refractivity contribution in [1.29, 1.82) is 0 Å². The highest BCUT2D eigenvalue weighted by Gasteiger charge is 2.30. The number of benzene rings is 2. The van der Waals surface area contributed by atoms with E-state index in [2.05, 4.69) is 44.5 Å². The van der Waals surface area contributed by atoms with E-state index < -0.39 is 12.0 Å². The Hall–Kier alpha value is -3.37. The number of carbonyl (C=O) groups is 3. The quantitative estimate of drug-likeness (QED) is 0.298. The van der Waals surface area contributed by atoms with Crippen LogP contribution in [0, 0.1) is 0 Å². The summed E-state index contributed by atoms with van der Waals surface area (Å²) in [6.45, 7) is 1.75. The lowest BCUT2D eigenvalue weighted by Crippen LogP contribution is -2.52. The third-order valence-electron chi connectivity index (χ3n) is 7.19. The molecule has 2 amide bonds. The predicted octanol–water partition coefficient (Wildman–Crippen LogP) is 3.31. The Morgan fingerprint density at radius 2 is 2.03 bits per heavy atom. The summed E-state index contributed by atoms with van der Waals surface area (Å²) in [5.41, 5.74) is 1.80. The van der Waals surface area contributed by atoms with Crippen LogP contribution in [0.1, 0.15) is 36.9 Å². The summed E-state index contributed by atoms with van der Waals surface area (Å²) in [6, 6.07) is 13.3. The first kappa shape index (κ1) is 28.6. The Morgan fingerprint density at radius 3 is 2.79 bits per heavy atom. The van der Waals surface area contributed by atoms with Gasteiger partial charge < -0.3 is 20.3 Å². The number of aliphatic carboxylic acids is 1. The normalized spacial score (nSPS) is 16.4. The molecule has 0 saturated carbocycles. The van der Waals surface area contributed by atoms with Crippen molar-refractivity contribution in [2.45, 2.75) is 50.7 Å². The summed E-state index contributed by atoms with van der Waals surface area (Å²) in [7, 11) is 0. The molecule has 9 nitrogen and oxygen atoms in total. The summed E-state index contributed by atoms with van der Waals surface area (Å²) >= 11 is 1.55. The molecule has 0 bridgehead atoms. The molecule has 1 fully saturated rings. The van der Waals surface area contributed by atoms with Crippen LogP contribution in [0.25, 0.3) is 10.8 Å². The van der Waals surface area contributed by atoms with Crippen molar-refractivity contribution in [3.05, 3.63) is 66.2 Å². The molecule has 1 unspecified atom stereocenters. The van der Waals surface area contributed by atoms with Gasteiger partial charge >= 0.3 is 5.97 Å². The van der Waals surface area contributed by atoms with E-state index in [4.69, 9.17) is 0 Å². The van der Waals surface area contributed by atoms with E-state index in [1.807, 2.05) is 29.4 Å². The molecule has 3 aromatic rings. The fourth-order valence-corrected chi connectivity index (χ4v) is 5.72. The number of thioether (sulfide) groups is 1. The number of carbonyl (C=O) groups excluding carboxylic acids is 2. The number of nitrogens with zero attached hydrogens (tertiary/aromatic N) is 3. The minimum atomic E-state index is -1.03. The number of nitrogens with one attached hydrogen (secondary N) is 2. The molecule has 0 radical (unpaired) electrons. The van der Waals surface area contributed by atoms with Gasteiger partial charge in [0.2, 0.25) is 11.8 Å². The van der Waals surface area contributed by atoms with Crippen molar-refractivity contribution in [3.63, 3.8) is 0 Å². The molecular formula is C29H37N5O4S. The number of piperidine rings is 1. The van der Waals surface area contributed by atoms with Gasteiger partial charge in [-0.2, -0.15) is 11.8 Å². The van der Waals surface area contributed by atoms with Gasteiger partial charge in [-0.15, -0.1) is 0 Å². The highest BCUT2D eigenvalue weighted by molar-refractivity contribution is 7.98. The Labute approximate surface area is 233 Å². The first-order valence-electron chi connectivity index (χ1n) is 13.4. The molecule has 1 saturated heterocycles. The van der Waals surface area contributed by atoms with Gasteiger partial charge in [-0.1, -0.05) is 42.5 Å². The van der Waals surface area contributed by atoms with Crippen LogP contribution in [0.5, 0.6) is 0 Å². The lowest BCUT2D eigenvalue weighted by molar-refractivity contribution is -0.142. The Kier molecular flexibility index (Phi) is 10.4. The monoisotopic (exact) mass is 551 g/mol. The molecular weight excluding hydrogens is 514 g/mol. The number of carboxylic acid groups (broad SMARTS) is 1. The lowest BCUT2D eigenvalue weighted by atomic mass is 9.99. The van der Waals surface area contributed by atoms with Crippen LogP contribution in [-0.2, 0) is 27.3 Å². The predicted molar refractivity (Wildman–Crippen MR) is 153 cm³/mol. The molecule has 1 aliphatic rings. The molecule has 2 atom stereocenters. The number of imidazole rings is 1.